The van der Waals surface area contributed by atoms with Gasteiger partial charge in [-0.05, 0) is 23.9 Å². The third-order valence-corrected chi connectivity index (χ3v) is 4.74. The van der Waals surface area contributed by atoms with Crippen LogP contribution in [0, 0.1) is 0 Å². The second-order valence-electron chi connectivity index (χ2n) is 4.20. The van der Waals surface area contributed by atoms with Crippen LogP contribution in [-0.2, 0) is 11.8 Å². The second-order valence-corrected chi connectivity index (χ2v) is 6.19. The van der Waals surface area contributed by atoms with Gasteiger partial charge in [-0.2, -0.15) is 0 Å². The van der Waals surface area contributed by atoms with Gasteiger partial charge < -0.3 is 5.32 Å². The molecule has 0 radical (unpaired) electrons. The lowest BCUT2D eigenvalue weighted by Gasteiger charge is -1.98. The Morgan fingerprint density at radius 3 is 3.10 bits per heavy atom. The van der Waals surface area contributed by atoms with Crippen molar-refractivity contribution in [2.75, 3.05) is 11.1 Å². The molecule has 20 heavy (non-hydrogen) atoms. The van der Waals surface area contributed by atoms with Crippen LogP contribution in [0.15, 0.2) is 41.8 Å². The van der Waals surface area contributed by atoms with Gasteiger partial charge in [-0.1, -0.05) is 23.5 Å². The first-order valence-electron chi connectivity index (χ1n) is 6.03. The highest BCUT2D eigenvalue weighted by Crippen LogP contribution is 2.25. The van der Waals surface area contributed by atoms with Crippen LogP contribution in [-0.4, -0.2) is 21.6 Å². The number of benzene rings is 1. The molecule has 1 amide bonds. The molecule has 0 unspecified atom stereocenters. The summed E-state index contributed by atoms with van der Waals surface area (Å²) in [6.45, 7) is 0. The number of aromatic nitrogens is 3. The first-order valence-corrected chi connectivity index (χ1v) is 7.84. The molecule has 3 aromatic rings. The highest BCUT2D eigenvalue weighted by Gasteiger charge is 2.12. The standard InChI is InChI=1S/C13H12N4OS2/c1-17-7-6-14-13(17)19-8-11(18)16-12-15-9-4-2-3-5-10(9)20-12/h2-7H,8H2,1H3,(H,15,16,18)/p+1. The number of anilines is 1. The van der Waals surface area contributed by atoms with Gasteiger partial charge in [0, 0.05) is 0 Å². The minimum absolute atomic E-state index is 0.0522. The smallest absolute Gasteiger partial charge is 0.301 e. The summed E-state index contributed by atoms with van der Waals surface area (Å²) in [5.74, 6) is 0.299. The van der Waals surface area contributed by atoms with Crippen molar-refractivity contribution >= 4 is 44.4 Å². The van der Waals surface area contributed by atoms with E-state index in [2.05, 4.69) is 15.3 Å². The van der Waals surface area contributed by atoms with Gasteiger partial charge >= 0.3 is 5.16 Å². The van der Waals surface area contributed by atoms with E-state index in [0.717, 1.165) is 15.4 Å². The first-order chi connectivity index (χ1) is 9.72. The van der Waals surface area contributed by atoms with E-state index in [9.17, 15) is 4.79 Å². The van der Waals surface area contributed by atoms with E-state index in [0.29, 0.717) is 10.9 Å². The third-order valence-electron chi connectivity index (χ3n) is 2.71. The number of carbonyl (C=O) groups is 1. The van der Waals surface area contributed by atoms with Crippen LogP contribution in [0.25, 0.3) is 10.2 Å². The number of fused-ring (bicyclic) bond motifs is 1. The van der Waals surface area contributed by atoms with Gasteiger partial charge in [0.1, 0.15) is 12.4 Å². The molecule has 2 aromatic heterocycles. The lowest BCUT2D eigenvalue weighted by Crippen LogP contribution is -2.28. The lowest BCUT2D eigenvalue weighted by atomic mass is 10.3. The summed E-state index contributed by atoms with van der Waals surface area (Å²) in [5, 5.41) is 4.43. The number of nitrogens with zero attached hydrogens (tertiary/aromatic N) is 2. The van der Waals surface area contributed by atoms with Gasteiger partial charge in [0.25, 0.3) is 0 Å². The molecule has 102 valence electrons. The Kier molecular flexibility index (Phi) is 3.70. The quantitative estimate of drug-likeness (QED) is 0.574. The van der Waals surface area contributed by atoms with Crippen molar-refractivity contribution in [2.45, 2.75) is 5.16 Å². The normalized spacial score (nSPS) is 10.8. The first kappa shape index (κ1) is 13.1. The number of carbonyl (C=O) groups excluding carboxylic acids is 1. The van der Waals surface area contributed by atoms with Crippen LogP contribution in [0.1, 0.15) is 0 Å². The van der Waals surface area contributed by atoms with E-state index in [1.807, 2.05) is 48.3 Å². The Morgan fingerprint density at radius 2 is 2.35 bits per heavy atom. The second kappa shape index (κ2) is 5.64. The van der Waals surface area contributed by atoms with Crippen LogP contribution in [0.4, 0.5) is 5.13 Å². The number of thiazole rings is 1. The minimum atomic E-state index is -0.0522. The fourth-order valence-electron chi connectivity index (χ4n) is 1.75. The van der Waals surface area contributed by atoms with Crippen LogP contribution < -0.4 is 9.88 Å². The molecule has 1 aromatic carbocycles. The Bertz CT molecular complexity index is 717. The monoisotopic (exact) mass is 305 g/mol. The number of aromatic amines is 1. The molecule has 0 spiro atoms. The Balaban J connectivity index is 1.62. The Hall–Kier alpha value is -1.86. The molecule has 0 aliphatic heterocycles. The predicted molar refractivity (Wildman–Crippen MR) is 80.9 cm³/mol. The van der Waals surface area contributed by atoms with Crippen molar-refractivity contribution in [3.8, 4) is 0 Å². The number of thioether (sulfide) groups is 1. The van der Waals surface area contributed by atoms with Gasteiger partial charge in [0.15, 0.2) is 5.13 Å². The zero-order valence-electron chi connectivity index (χ0n) is 10.8. The van der Waals surface area contributed by atoms with E-state index in [-0.39, 0.29) is 5.91 Å². The van der Waals surface area contributed by atoms with Crippen LogP contribution >= 0.6 is 23.1 Å². The molecule has 2 N–H and O–H groups in total. The molecular weight excluding hydrogens is 292 g/mol. The fourth-order valence-corrected chi connectivity index (χ4v) is 3.39. The molecule has 0 fully saturated rings. The summed E-state index contributed by atoms with van der Waals surface area (Å²) in [4.78, 5) is 19.4. The van der Waals surface area contributed by atoms with Crippen LogP contribution in [0.5, 0.6) is 0 Å². The van der Waals surface area contributed by atoms with Gasteiger partial charge in [-0.3, -0.25) is 4.79 Å². The van der Waals surface area contributed by atoms with Gasteiger partial charge in [0.2, 0.25) is 5.91 Å². The number of aryl methyl sites for hydroxylation is 1. The fraction of sp³-hybridized carbons (Fsp3) is 0.154. The van der Waals surface area contributed by atoms with E-state index in [4.69, 9.17) is 0 Å². The van der Waals surface area contributed by atoms with E-state index in [1.54, 1.807) is 0 Å². The summed E-state index contributed by atoms with van der Waals surface area (Å²) in [6, 6.07) is 7.84. The summed E-state index contributed by atoms with van der Waals surface area (Å²) in [6.07, 6.45) is 3.75. The number of amides is 1. The number of hydrogen-bond acceptors (Lipinski definition) is 4. The third kappa shape index (κ3) is 2.83. The van der Waals surface area contributed by atoms with E-state index < -0.39 is 0 Å². The summed E-state index contributed by atoms with van der Waals surface area (Å²) in [5.41, 5.74) is 0.913. The molecule has 0 bridgehead atoms. The topological polar surface area (TPSA) is 61.7 Å². The zero-order valence-corrected chi connectivity index (χ0v) is 12.4. The molecule has 2 heterocycles. The van der Waals surface area contributed by atoms with E-state index in [1.165, 1.54) is 23.1 Å². The van der Waals surface area contributed by atoms with Gasteiger partial charge in [-0.15, -0.1) is 0 Å². The zero-order chi connectivity index (χ0) is 13.9. The largest absolute Gasteiger partial charge is 0.316 e. The van der Waals surface area contributed by atoms with Crippen LogP contribution in [0.2, 0.25) is 0 Å². The van der Waals surface area contributed by atoms with E-state index >= 15 is 0 Å². The van der Waals surface area contributed by atoms with Crippen molar-refractivity contribution in [1.82, 2.24) is 9.97 Å². The van der Waals surface area contributed by atoms with Gasteiger partial charge in [0.05, 0.1) is 23.0 Å². The predicted octanol–water partition coefficient (Wildman–Crippen LogP) is 2.18. The van der Waals surface area contributed by atoms with Crippen molar-refractivity contribution in [3.05, 3.63) is 36.7 Å². The number of nitrogens with one attached hydrogen (secondary N) is 2. The van der Waals surface area contributed by atoms with Crippen molar-refractivity contribution in [2.24, 2.45) is 7.05 Å². The molecule has 0 saturated heterocycles. The average Bonchev–Trinajstić information content (AvgIpc) is 3.01. The van der Waals surface area contributed by atoms with Crippen molar-refractivity contribution < 1.29 is 9.36 Å². The highest BCUT2D eigenvalue weighted by atomic mass is 32.2. The minimum Gasteiger partial charge on any atom is -0.301 e. The highest BCUT2D eigenvalue weighted by molar-refractivity contribution is 7.99. The summed E-state index contributed by atoms with van der Waals surface area (Å²) < 4.78 is 3.02. The van der Waals surface area contributed by atoms with Gasteiger partial charge in [-0.25, -0.2) is 14.5 Å². The molecule has 7 heteroatoms. The maximum atomic E-state index is 11.9. The number of hydrogen-bond donors (Lipinski definition) is 2. The Labute approximate surface area is 124 Å². The molecule has 5 nitrogen and oxygen atoms in total. The number of rotatable bonds is 4. The SMILES string of the molecule is C[n+]1cc[nH]c1SCC(=O)Nc1nc2ccccc2s1. The average molecular weight is 305 g/mol. The van der Waals surface area contributed by atoms with Crippen molar-refractivity contribution in [1.29, 1.82) is 0 Å². The summed E-state index contributed by atoms with van der Waals surface area (Å²) in [7, 11) is 1.93. The van der Waals surface area contributed by atoms with Crippen molar-refractivity contribution in [3.63, 3.8) is 0 Å². The maximum absolute atomic E-state index is 11.9. The maximum Gasteiger partial charge on any atom is 0.316 e. The van der Waals surface area contributed by atoms with Crippen LogP contribution in [0.3, 0.4) is 0 Å². The molecule has 3 rings (SSSR count). The summed E-state index contributed by atoms with van der Waals surface area (Å²) >= 11 is 2.95. The number of H-pyrrole nitrogens is 1. The number of para-hydroxylation sites is 1. The molecule has 0 aliphatic carbocycles. The number of imidazole rings is 1. The Morgan fingerprint density at radius 1 is 1.50 bits per heavy atom. The lowest BCUT2D eigenvalue weighted by molar-refractivity contribution is -0.708. The molecular formula is C13H13N4OS2+. The molecule has 0 atom stereocenters. The molecule has 0 saturated carbocycles. The molecule has 0 aliphatic rings.